The van der Waals surface area contributed by atoms with Crippen molar-refractivity contribution in [2.45, 2.75) is 177 Å². The topological polar surface area (TPSA) is 643 Å². The van der Waals surface area contributed by atoms with E-state index in [4.69, 9.17) is 22.9 Å². The zero-order valence-electron chi connectivity index (χ0n) is 52.5. The van der Waals surface area contributed by atoms with Crippen molar-refractivity contribution in [3.8, 4) is 5.75 Å². The normalized spacial score (nSPS) is 15.1. The number of aromatic nitrogens is 2. The van der Waals surface area contributed by atoms with Crippen molar-refractivity contribution in [1.29, 1.82) is 0 Å². The fourth-order valence-corrected chi connectivity index (χ4v) is 8.59. The summed E-state index contributed by atoms with van der Waals surface area (Å²) < 4.78 is 0. The van der Waals surface area contributed by atoms with Crippen LogP contribution in [0.3, 0.4) is 0 Å². The van der Waals surface area contributed by atoms with E-state index in [1.54, 1.807) is 0 Å². The SMILES string of the molecule is CC(C)[C@H](NC(=O)[C@H](CC(=O)O)NC(=O)[C@H](CC(N)=O)NC(=O)[C@@H](NC(=O)[C@H](Cc1ccc(O)cc1)NC(=O)[C@@H](NC(=O)CNC(=O)[C@H](CCC(N)=O)NC(=O)C(C)(C)NC(=O)[C@@H](N)Cc1c[nH]cn1)[C@@H](C)O)[C@@H](C)O)C(=O)N[C@@H](CO)C(=O)N[C@@H](CCCCN)C(=O)O. The third-order valence-corrected chi connectivity index (χ3v) is 13.9. The first-order valence-corrected chi connectivity index (χ1v) is 29.4. The molecule has 522 valence electrons. The third-order valence-electron chi connectivity index (χ3n) is 13.9. The maximum Gasteiger partial charge on any atom is 0.326 e. The first-order chi connectivity index (χ1) is 43.9. The fourth-order valence-electron chi connectivity index (χ4n) is 8.59. The van der Waals surface area contributed by atoms with Crippen LogP contribution in [0.4, 0.5) is 0 Å². The molecule has 1 aromatic carbocycles. The summed E-state index contributed by atoms with van der Waals surface area (Å²) in [6.07, 6.45) is -3.74. The second kappa shape index (κ2) is 38.8. The van der Waals surface area contributed by atoms with Gasteiger partial charge in [0.1, 0.15) is 65.7 Å². The van der Waals surface area contributed by atoms with Crippen molar-refractivity contribution in [1.82, 2.24) is 68.5 Å². The standard InChI is InChI=1S/C56H87N17O21/c1-25(2)42(51(89)68-37(23-74)50(88)64-33(54(92)93)9-7-8-16-57)71-49(87)36(20-41(81)82)65-47(85)35(19-39(60)79)67-53(91)44(27(4)76)72-48(86)34(17-28-10-12-30(77)13-11-28)66-52(90)43(26(3)75)70-40(80)22-62-46(84)32(14-15-38(59)78)69-55(94)56(5,6)73-45(83)31(58)18-29-21-61-24-63-29/h10-13,21,24-27,31-37,42-44,74-77H,7-9,14-20,22-23,57-58H2,1-6H3,(H2,59,78)(H2,60,79)(H,61,63)(H,62,84)(H,64,88)(H,65,85)(H,66,90)(H,67,91)(H,68,89)(H,69,94)(H,70,80)(H,71,87)(H,72,86)(H,73,83)(H,81,82)(H,92,93)/t26-,27-,31+,32+,33+,34+,35+,36+,37+,42+,43+,44+/m1/s1. The Morgan fingerprint density at radius 1 is 0.574 bits per heavy atom. The molecular weight excluding hydrogens is 1250 g/mol. The van der Waals surface area contributed by atoms with Gasteiger partial charge in [0.25, 0.3) is 0 Å². The van der Waals surface area contributed by atoms with E-state index in [1.807, 2.05) is 5.32 Å². The number of aromatic hydroxyl groups is 1. The minimum atomic E-state index is -2.12. The number of nitrogens with zero attached hydrogens (tertiary/aromatic N) is 1. The summed E-state index contributed by atoms with van der Waals surface area (Å²) in [5, 5.41) is 85.4. The van der Waals surface area contributed by atoms with E-state index in [-0.39, 0.29) is 30.7 Å². The molecule has 0 spiro atoms. The number of phenols is 1. The van der Waals surface area contributed by atoms with Gasteiger partial charge >= 0.3 is 11.9 Å². The summed E-state index contributed by atoms with van der Waals surface area (Å²) in [4.78, 5) is 204. The van der Waals surface area contributed by atoms with Gasteiger partial charge in [0.05, 0.1) is 56.3 Å². The highest BCUT2D eigenvalue weighted by molar-refractivity contribution is 6.01. The molecule has 1 aromatic heterocycles. The molecule has 0 unspecified atom stereocenters. The quantitative estimate of drug-likeness (QED) is 0.0275. The van der Waals surface area contributed by atoms with Gasteiger partial charge in [-0.05, 0) is 83.5 Å². The van der Waals surface area contributed by atoms with E-state index in [0.717, 1.165) is 13.8 Å². The largest absolute Gasteiger partial charge is 0.508 e. The molecule has 0 saturated carbocycles. The number of carboxylic acids is 2. The molecule has 38 heteroatoms. The van der Waals surface area contributed by atoms with Gasteiger partial charge in [-0.25, -0.2) is 9.78 Å². The summed E-state index contributed by atoms with van der Waals surface area (Å²) in [6, 6.07) is -12.6. The van der Waals surface area contributed by atoms with E-state index in [1.165, 1.54) is 64.5 Å². The van der Waals surface area contributed by atoms with Crippen molar-refractivity contribution in [2.75, 3.05) is 19.7 Å². The van der Waals surface area contributed by atoms with Crippen molar-refractivity contribution in [3.05, 3.63) is 48.0 Å². The number of nitrogens with one attached hydrogen (secondary N) is 12. The Morgan fingerprint density at radius 3 is 1.61 bits per heavy atom. The molecule has 26 N–H and O–H groups in total. The lowest BCUT2D eigenvalue weighted by Crippen LogP contribution is -2.63. The highest BCUT2D eigenvalue weighted by Gasteiger charge is 2.39. The number of carboxylic acid groups (broad SMARTS) is 2. The first-order valence-electron chi connectivity index (χ1n) is 29.4. The number of hydrogen-bond acceptors (Lipinski definition) is 22. The Kier molecular flexibility index (Phi) is 33.1. The number of imidazole rings is 1. The molecule has 0 aliphatic heterocycles. The molecule has 13 amide bonds. The number of aliphatic hydroxyl groups excluding tert-OH is 3. The summed E-state index contributed by atoms with van der Waals surface area (Å²) in [5.41, 5.74) is 21.1. The van der Waals surface area contributed by atoms with Crippen LogP contribution in [0, 0.1) is 5.92 Å². The molecule has 0 fully saturated rings. The number of benzene rings is 1. The summed E-state index contributed by atoms with van der Waals surface area (Å²) in [7, 11) is 0. The zero-order chi connectivity index (χ0) is 71.3. The number of rotatable bonds is 42. The average Bonchev–Trinajstić information content (AvgIpc) is 0.879. The Morgan fingerprint density at radius 2 is 1.09 bits per heavy atom. The molecular formula is C56H87N17O21. The van der Waals surface area contributed by atoms with Crippen LogP contribution in [-0.2, 0) is 84.8 Å². The summed E-state index contributed by atoms with van der Waals surface area (Å²) in [5.74, 6) is -19.3. The number of amides is 13. The Labute approximate surface area is 538 Å². The maximum atomic E-state index is 14.2. The van der Waals surface area contributed by atoms with Crippen LogP contribution >= 0.6 is 0 Å². The maximum absolute atomic E-state index is 14.2. The molecule has 2 aromatic rings. The van der Waals surface area contributed by atoms with E-state index >= 15 is 0 Å². The number of nitrogens with two attached hydrogens (primary N) is 4. The van der Waals surface area contributed by atoms with E-state index in [9.17, 15) is 103 Å². The van der Waals surface area contributed by atoms with Gasteiger partial charge in [0.15, 0.2) is 0 Å². The fraction of sp³-hybridized carbons (Fsp3) is 0.571. The van der Waals surface area contributed by atoms with Crippen molar-refractivity contribution >= 4 is 88.7 Å². The molecule has 0 aliphatic rings. The molecule has 94 heavy (non-hydrogen) atoms. The van der Waals surface area contributed by atoms with Crippen LogP contribution in [0.25, 0.3) is 0 Å². The molecule has 38 nitrogen and oxygen atoms in total. The zero-order valence-corrected chi connectivity index (χ0v) is 52.5. The lowest BCUT2D eigenvalue weighted by Gasteiger charge is -2.29. The van der Waals surface area contributed by atoms with E-state index in [2.05, 4.69) is 63.1 Å². The molecule has 1 heterocycles. The number of unbranched alkanes of at least 4 members (excludes halogenated alkanes) is 1. The van der Waals surface area contributed by atoms with Gasteiger partial charge in [0.2, 0.25) is 76.8 Å². The number of hydrogen-bond donors (Lipinski definition) is 22. The third kappa shape index (κ3) is 27.9. The number of H-pyrrole nitrogens is 1. The molecule has 12 atom stereocenters. The van der Waals surface area contributed by atoms with Crippen molar-refractivity contribution in [2.24, 2.45) is 28.9 Å². The highest BCUT2D eigenvalue weighted by atomic mass is 16.4. The first kappa shape index (κ1) is 80.2. The van der Waals surface area contributed by atoms with E-state index < -0.39 is 218 Å². The number of aliphatic carboxylic acids is 2. The van der Waals surface area contributed by atoms with Gasteiger partial charge in [-0.2, -0.15) is 0 Å². The lowest BCUT2D eigenvalue weighted by molar-refractivity contribution is -0.143. The second-order valence-corrected chi connectivity index (χ2v) is 22.7. The molecule has 0 bridgehead atoms. The van der Waals surface area contributed by atoms with Gasteiger partial charge in [0, 0.05) is 25.5 Å². The predicted molar refractivity (Wildman–Crippen MR) is 325 cm³/mol. The van der Waals surface area contributed by atoms with E-state index in [0.29, 0.717) is 18.5 Å². The average molecular weight is 1330 g/mol. The van der Waals surface area contributed by atoms with Gasteiger partial charge < -0.3 is 117 Å². The minimum Gasteiger partial charge on any atom is -0.508 e. The van der Waals surface area contributed by atoms with Crippen LogP contribution in [0.5, 0.6) is 5.75 Å². The Bertz CT molecular complexity index is 2980. The molecule has 2 rings (SSSR count). The second-order valence-electron chi connectivity index (χ2n) is 22.7. The molecule has 0 radical (unpaired) electrons. The Hall–Kier alpha value is -9.92. The predicted octanol–water partition coefficient (Wildman–Crippen LogP) is -9.16. The van der Waals surface area contributed by atoms with Crippen molar-refractivity contribution < 1.29 is 103 Å². The molecule has 0 saturated heterocycles. The van der Waals surface area contributed by atoms with Crippen molar-refractivity contribution in [3.63, 3.8) is 0 Å². The van der Waals surface area contributed by atoms with Crippen LogP contribution in [-0.4, -0.2) is 227 Å². The van der Waals surface area contributed by atoms with Crippen LogP contribution in [0.2, 0.25) is 0 Å². The number of aliphatic hydroxyl groups is 3. The van der Waals surface area contributed by atoms with Crippen LogP contribution < -0.4 is 81.4 Å². The van der Waals surface area contributed by atoms with Gasteiger partial charge in [-0.15, -0.1) is 0 Å². The van der Waals surface area contributed by atoms with Gasteiger partial charge in [-0.3, -0.25) is 67.1 Å². The highest BCUT2D eigenvalue weighted by Crippen LogP contribution is 2.14. The van der Waals surface area contributed by atoms with Crippen LogP contribution in [0.15, 0.2) is 36.8 Å². The number of primary amides is 2. The lowest BCUT2D eigenvalue weighted by atomic mass is 10.0. The minimum absolute atomic E-state index is 0.00285. The molecule has 0 aliphatic carbocycles. The monoisotopic (exact) mass is 1330 g/mol. The Balaban J connectivity index is 2.35. The number of aromatic amines is 1. The number of carbonyl (C=O) groups excluding carboxylic acids is 13. The van der Waals surface area contributed by atoms with Crippen LogP contribution in [0.1, 0.15) is 97.7 Å². The number of carbonyl (C=O) groups is 15. The number of phenolic OH excluding ortho intramolecular Hbond substituents is 1. The summed E-state index contributed by atoms with van der Waals surface area (Å²) in [6.45, 7) is 5.66. The summed E-state index contributed by atoms with van der Waals surface area (Å²) >= 11 is 0. The van der Waals surface area contributed by atoms with Gasteiger partial charge in [-0.1, -0.05) is 26.0 Å². The smallest absolute Gasteiger partial charge is 0.326 e.